The van der Waals surface area contributed by atoms with Gasteiger partial charge in [0, 0.05) is 44.6 Å². The Kier molecular flexibility index (Phi) is 32.8. The molecule has 2 N–H and O–H groups in total. The Balaban J connectivity index is -0.000000547. The van der Waals surface area contributed by atoms with Gasteiger partial charge in [0.15, 0.2) is 0 Å². The van der Waals surface area contributed by atoms with Gasteiger partial charge in [0.1, 0.15) is 12.5 Å². The van der Waals surface area contributed by atoms with Crippen LogP contribution in [0.5, 0.6) is 5.75 Å². The van der Waals surface area contributed by atoms with Gasteiger partial charge in [-0.1, -0.05) is 57.6 Å². The van der Waals surface area contributed by atoms with Gasteiger partial charge in [0.25, 0.3) is 0 Å². The third-order valence-corrected chi connectivity index (χ3v) is 6.62. The van der Waals surface area contributed by atoms with Gasteiger partial charge < -0.3 is 20.1 Å². The first kappa shape index (κ1) is 44.8. The molecule has 244 valence electrons. The minimum absolute atomic E-state index is 0.354. The molecule has 1 atom stereocenters. The zero-order valence-electron chi connectivity index (χ0n) is 28.6. The maximum absolute atomic E-state index is 9.42. The number of allylic oxidation sites excluding steroid dienone is 4. The fourth-order valence-electron chi connectivity index (χ4n) is 4.27. The van der Waals surface area contributed by atoms with Crippen LogP contribution in [0.1, 0.15) is 71.9 Å². The average Bonchev–Trinajstić information content (AvgIpc) is 3.28. The molecule has 1 fully saturated rings. The minimum atomic E-state index is 0.354. The van der Waals surface area contributed by atoms with Gasteiger partial charge in [-0.05, 0) is 101 Å². The molecule has 0 amide bonds. The van der Waals surface area contributed by atoms with E-state index in [-0.39, 0.29) is 0 Å². The fourth-order valence-corrected chi connectivity index (χ4v) is 4.27. The third kappa shape index (κ3) is 23.8. The molecule has 4 rings (SSSR count). The van der Waals surface area contributed by atoms with Crippen LogP contribution in [0.25, 0.3) is 0 Å². The second-order valence-corrected chi connectivity index (χ2v) is 9.94. The quantitative estimate of drug-likeness (QED) is 0.341. The number of benzene rings is 1. The molecule has 2 heterocycles. The number of phenolic OH excluding ortho intramolecular Hbond substituents is 1. The van der Waals surface area contributed by atoms with Gasteiger partial charge in [-0.25, -0.2) is 0 Å². The first-order valence-electron chi connectivity index (χ1n) is 15.5. The molecule has 2 aliphatic rings. The summed E-state index contributed by atoms with van der Waals surface area (Å²) in [5.41, 5.74) is 5.37. The molecule has 1 saturated heterocycles. The summed E-state index contributed by atoms with van der Waals surface area (Å²) in [6.07, 6.45) is 28.9. The Hall–Kier alpha value is -3.68. The number of carbonyl (C=O) groups is 1. The molecule has 0 bridgehead atoms. The molecule has 0 spiro atoms. The van der Waals surface area contributed by atoms with E-state index >= 15 is 0 Å². The van der Waals surface area contributed by atoms with Crippen LogP contribution in [0.3, 0.4) is 0 Å². The molecule has 2 aromatic rings. The molecule has 1 aromatic heterocycles. The summed E-state index contributed by atoms with van der Waals surface area (Å²) in [4.78, 5) is 16.8. The molecule has 1 aliphatic carbocycles. The van der Waals surface area contributed by atoms with Crippen LogP contribution in [-0.4, -0.2) is 72.5 Å². The Labute approximate surface area is 270 Å². The molecule has 1 unspecified atom stereocenters. The number of aromatic nitrogens is 1. The van der Waals surface area contributed by atoms with Crippen molar-refractivity contribution >= 4 is 6.79 Å². The number of phenols is 1. The second kappa shape index (κ2) is 32.2. The van der Waals surface area contributed by atoms with Crippen molar-refractivity contribution in [1.29, 1.82) is 0 Å². The van der Waals surface area contributed by atoms with Crippen LogP contribution >= 0.6 is 0 Å². The first-order valence-corrected chi connectivity index (χ1v) is 15.5. The topological polar surface area (TPSA) is 68.7 Å². The van der Waals surface area contributed by atoms with Crippen LogP contribution in [0.4, 0.5) is 0 Å². The molecular formula is C38H60N4O2. The standard InChI is InChI=1S/C15H18O.C11H17N3.C5H13N.C2H6.2C2H2.CH2O/c1-12-5-2-3-6-13(9-12)10-14-7-4-8-15(16)11-14;1-10-8-14(7-6-13-10)9-11-2-4-12-5-3-11;1-4-6(3)5-2;4*1-2/h4,6-9,11,16H,2-3,5,10H2,1H3;2-5,10,13H,6-9H2,1H3;4-5H2,1-3H3;1-2H3;2*1-2H;1H2. The maximum atomic E-state index is 9.42. The summed E-state index contributed by atoms with van der Waals surface area (Å²) in [6.45, 7) is 21.5. The van der Waals surface area contributed by atoms with Gasteiger partial charge >= 0.3 is 0 Å². The Morgan fingerprint density at radius 1 is 1.05 bits per heavy atom. The van der Waals surface area contributed by atoms with Crippen molar-refractivity contribution in [3.8, 4) is 31.4 Å². The smallest absolute Gasteiger partial charge is 0.115 e. The van der Waals surface area contributed by atoms with E-state index in [0.29, 0.717) is 11.8 Å². The van der Waals surface area contributed by atoms with Crippen LogP contribution in [0.15, 0.2) is 72.1 Å². The number of carbonyl (C=O) groups excluding carboxylic acids is 1. The summed E-state index contributed by atoms with van der Waals surface area (Å²) in [5, 5.41) is 12.9. The molecular weight excluding hydrogens is 544 g/mol. The van der Waals surface area contributed by atoms with Crippen molar-refractivity contribution in [2.75, 3.05) is 39.8 Å². The number of hydrogen-bond acceptors (Lipinski definition) is 6. The van der Waals surface area contributed by atoms with Gasteiger partial charge in [-0.2, -0.15) is 0 Å². The maximum Gasteiger partial charge on any atom is 0.115 e. The van der Waals surface area contributed by atoms with Crippen molar-refractivity contribution in [3.05, 3.63) is 83.2 Å². The van der Waals surface area contributed by atoms with Crippen molar-refractivity contribution in [2.45, 2.75) is 79.8 Å². The predicted molar refractivity (Wildman–Crippen MR) is 192 cm³/mol. The second-order valence-electron chi connectivity index (χ2n) is 9.94. The van der Waals surface area contributed by atoms with Gasteiger partial charge in [-0.3, -0.25) is 9.88 Å². The first-order chi connectivity index (χ1) is 21.4. The van der Waals surface area contributed by atoms with E-state index in [2.05, 4.69) is 111 Å². The number of piperazine rings is 1. The van der Waals surface area contributed by atoms with Crippen molar-refractivity contribution in [1.82, 2.24) is 20.1 Å². The fraction of sp³-hybridized carbons (Fsp3) is 0.474. The molecule has 6 heteroatoms. The normalized spacial score (nSPS) is 15.1. The summed E-state index contributed by atoms with van der Waals surface area (Å²) in [6, 6.07) is 12.3. The summed E-state index contributed by atoms with van der Waals surface area (Å²) < 4.78 is 0. The highest BCUT2D eigenvalue weighted by Crippen LogP contribution is 2.21. The van der Waals surface area contributed by atoms with Gasteiger partial charge in [0.2, 0.25) is 0 Å². The number of nitrogens with zero attached hydrogens (tertiary/aromatic N) is 3. The number of pyridine rings is 1. The molecule has 0 saturated carbocycles. The summed E-state index contributed by atoms with van der Waals surface area (Å²) in [5.74, 6) is 0.354. The lowest BCUT2D eigenvalue weighted by Gasteiger charge is -2.31. The Bertz CT molecular complexity index is 1020. The lowest BCUT2D eigenvalue weighted by atomic mass is 10.0. The number of rotatable bonds is 6. The van der Waals surface area contributed by atoms with Crippen LogP contribution in [-0.2, 0) is 17.8 Å². The SMILES string of the molecule is C#C.C#C.C=O.CC.CC1=CC(Cc2cccc(O)c2)=CCCC1.CC1CN(Cc2ccncc2)CCN1.CCN(C)CC. The third-order valence-electron chi connectivity index (χ3n) is 6.62. The number of terminal acetylenes is 2. The monoisotopic (exact) mass is 604 g/mol. The van der Waals surface area contributed by atoms with Crippen LogP contribution in [0.2, 0.25) is 0 Å². The van der Waals surface area contributed by atoms with E-state index in [4.69, 9.17) is 4.79 Å². The lowest BCUT2D eigenvalue weighted by molar-refractivity contribution is -0.0980. The average molecular weight is 605 g/mol. The van der Waals surface area contributed by atoms with Crippen molar-refractivity contribution in [2.24, 2.45) is 0 Å². The van der Waals surface area contributed by atoms with Crippen molar-refractivity contribution in [3.63, 3.8) is 0 Å². The van der Waals surface area contributed by atoms with E-state index in [9.17, 15) is 5.11 Å². The number of aromatic hydroxyl groups is 1. The highest BCUT2D eigenvalue weighted by molar-refractivity contribution is 5.34. The highest BCUT2D eigenvalue weighted by atomic mass is 16.3. The predicted octanol–water partition coefficient (Wildman–Crippen LogP) is 7.16. The zero-order valence-corrected chi connectivity index (χ0v) is 28.6. The molecule has 0 radical (unpaired) electrons. The Morgan fingerprint density at radius 3 is 2.18 bits per heavy atom. The summed E-state index contributed by atoms with van der Waals surface area (Å²) in [7, 11) is 2.11. The van der Waals surface area contributed by atoms with E-state index in [0.717, 1.165) is 45.7 Å². The number of nitrogens with one attached hydrogen (secondary N) is 1. The van der Waals surface area contributed by atoms with E-state index < -0.39 is 0 Å². The largest absolute Gasteiger partial charge is 0.508 e. The summed E-state index contributed by atoms with van der Waals surface area (Å²) >= 11 is 0. The number of hydrogen-bond donors (Lipinski definition) is 2. The van der Waals surface area contributed by atoms with E-state index in [1.54, 1.807) is 6.07 Å². The highest BCUT2D eigenvalue weighted by Gasteiger charge is 2.15. The van der Waals surface area contributed by atoms with E-state index in [1.807, 2.05) is 45.2 Å². The van der Waals surface area contributed by atoms with E-state index in [1.165, 1.54) is 41.5 Å². The minimum Gasteiger partial charge on any atom is -0.508 e. The molecule has 44 heavy (non-hydrogen) atoms. The lowest BCUT2D eigenvalue weighted by Crippen LogP contribution is -2.48. The van der Waals surface area contributed by atoms with Gasteiger partial charge in [-0.15, -0.1) is 25.7 Å². The van der Waals surface area contributed by atoms with Crippen LogP contribution < -0.4 is 5.32 Å². The van der Waals surface area contributed by atoms with Gasteiger partial charge in [0.05, 0.1) is 0 Å². The zero-order chi connectivity index (χ0) is 34.2. The molecule has 1 aromatic carbocycles. The van der Waals surface area contributed by atoms with Crippen molar-refractivity contribution < 1.29 is 9.90 Å². The molecule has 6 nitrogen and oxygen atoms in total. The van der Waals surface area contributed by atoms with Crippen LogP contribution in [0, 0.1) is 25.7 Å². The Morgan fingerprint density at radius 2 is 1.66 bits per heavy atom. The molecule has 1 aliphatic heterocycles.